The zero-order valence-electron chi connectivity index (χ0n) is 16.8. The maximum atomic E-state index is 14.7. The van der Waals surface area contributed by atoms with Crippen molar-refractivity contribution in [3.05, 3.63) is 53.4 Å². The van der Waals surface area contributed by atoms with Crippen LogP contribution >= 0.6 is 0 Å². The molecule has 3 aliphatic heterocycles. The van der Waals surface area contributed by atoms with Gasteiger partial charge in [0.05, 0.1) is 24.6 Å². The number of barbiturate groups is 1. The van der Waals surface area contributed by atoms with Crippen LogP contribution in [0.3, 0.4) is 0 Å². The van der Waals surface area contributed by atoms with Crippen LogP contribution in [0.4, 0.5) is 20.6 Å². The van der Waals surface area contributed by atoms with E-state index < -0.39 is 23.7 Å². The Morgan fingerprint density at radius 2 is 1.75 bits per heavy atom. The summed E-state index contributed by atoms with van der Waals surface area (Å²) in [6, 6.07) is 8.13. The van der Waals surface area contributed by atoms with Gasteiger partial charge in [-0.1, -0.05) is 6.07 Å². The second-order valence-corrected chi connectivity index (χ2v) is 7.31. The highest BCUT2D eigenvalue weighted by Gasteiger charge is 2.37. The molecule has 3 aliphatic rings. The first kappa shape index (κ1) is 20.0. The van der Waals surface area contributed by atoms with E-state index in [9.17, 15) is 18.8 Å². The third-order valence-corrected chi connectivity index (χ3v) is 5.35. The molecule has 0 radical (unpaired) electrons. The third kappa shape index (κ3) is 3.54. The molecule has 2 aromatic rings. The van der Waals surface area contributed by atoms with Gasteiger partial charge in [-0.15, -0.1) is 0 Å². The highest BCUT2D eigenvalue weighted by Crippen LogP contribution is 2.36. The van der Waals surface area contributed by atoms with Gasteiger partial charge >= 0.3 is 6.03 Å². The standard InChI is InChI=1S/C22H18FN3O6/c23-16-10-13(1-3-17(16)25-5-7-30-8-6-25)9-15-20(27)24-22(29)26(21(15)28)14-2-4-18-19(11-14)32-12-31-18/h1-4,9-11H,5-8,12H2,(H,24,27,29)/b15-9+. The maximum absolute atomic E-state index is 14.7. The van der Waals surface area contributed by atoms with Gasteiger partial charge in [-0.2, -0.15) is 0 Å². The third-order valence-electron chi connectivity index (χ3n) is 5.35. The largest absolute Gasteiger partial charge is 0.454 e. The van der Waals surface area contributed by atoms with Gasteiger partial charge in [-0.3, -0.25) is 14.9 Å². The second-order valence-electron chi connectivity index (χ2n) is 7.31. The molecule has 32 heavy (non-hydrogen) atoms. The first-order chi connectivity index (χ1) is 15.5. The molecule has 2 fully saturated rings. The van der Waals surface area contributed by atoms with Crippen LogP contribution in [-0.2, 0) is 14.3 Å². The summed E-state index contributed by atoms with van der Waals surface area (Å²) in [7, 11) is 0. The zero-order chi connectivity index (χ0) is 22.2. The number of hydrogen-bond donors (Lipinski definition) is 1. The quantitative estimate of drug-likeness (QED) is 0.578. The van der Waals surface area contributed by atoms with E-state index in [1.54, 1.807) is 18.2 Å². The molecule has 164 valence electrons. The number of anilines is 2. The first-order valence-electron chi connectivity index (χ1n) is 9.94. The Labute approximate surface area is 181 Å². The number of rotatable bonds is 3. The number of hydrogen-bond acceptors (Lipinski definition) is 7. The van der Waals surface area contributed by atoms with Crippen molar-refractivity contribution in [2.24, 2.45) is 0 Å². The molecular formula is C22H18FN3O6. The molecule has 9 nitrogen and oxygen atoms in total. The van der Waals surface area contributed by atoms with Gasteiger partial charge < -0.3 is 19.1 Å². The summed E-state index contributed by atoms with van der Waals surface area (Å²) in [6.07, 6.45) is 1.26. The van der Waals surface area contributed by atoms with Crippen LogP contribution in [0.5, 0.6) is 11.5 Å². The number of morpholine rings is 1. The molecule has 0 aromatic heterocycles. The summed E-state index contributed by atoms with van der Waals surface area (Å²) < 4.78 is 30.5. The lowest BCUT2D eigenvalue weighted by Gasteiger charge is -2.29. The van der Waals surface area contributed by atoms with Crippen LogP contribution in [-0.4, -0.2) is 50.9 Å². The summed E-state index contributed by atoms with van der Waals surface area (Å²) in [5.41, 5.74) is 0.662. The molecule has 2 aromatic carbocycles. The predicted molar refractivity (Wildman–Crippen MR) is 111 cm³/mol. The number of imide groups is 2. The van der Waals surface area contributed by atoms with Crippen molar-refractivity contribution >= 4 is 35.3 Å². The molecule has 10 heteroatoms. The zero-order valence-corrected chi connectivity index (χ0v) is 16.8. The van der Waals surface area contributed by atoms with Crippen molar-refractivity contribution in [1.82, 2.24) is 5.32 Å². The fourth-order valence-electron chi connectivity index (χ4n) is 3.76. The van der Waals surface area contributed by atoms with Crippen molar-refractivity contribution in [1.29, 1.82) is 0 Å². The molecule has 0 unspecified atom stereocenters. The van der Waals surface area contributed by atoms with Gasteiger partial charge in [0.1, 0.15) is 11.4 Å². The van der Waals surface area contributed by atoms with E-state index in [0.29, 0.717) is 49.1 Å². The van der Waals surface area contributed by atoms with Crippen LogP contribution in [0, 0.1) is 5.82 Å². The Morgan fingerprint density at radius 1 is 0.969 bits per heavy atom. The lowest BCUT2D eigenvalue weighted by Crippen LogP contribution is -2.54. The van der Waals surface area contributed by atoms with Crippen molar-refractivity contribution in [2.75, 3.05) is 42.9 Å². The topological polar surface area (TPSA) is 97.4 Å². The fraction of sp³-hybridized carbons (Fsp3) is 0.227. The molecule has 3 heterocycles. The molecule has 4 amide bonds. The average Bonchev–Trinajstić information content (AvgIpc) is 3.25. The SMILES string of the molecule is O=C1NC(=O)N(c2ccc3c(c2)OCO3)C(=O)/C1=C/c1ccc(N2CCOCC2)c(F)c1. The van der Waals surface area contributed by atoms with Crippen LogP contribution in [0.1, 0.15) is 5.56 Å². The Kier molecular flexibility index (Phi) is 4.98. The minimum atomic E-state index is -0.884. The van der Waals surface area contributed by atoms with Crippen molar-refractivity contribution in [2.45, 2.75) is 0 Å². The molecule has 1 N–H and O–H groups in total. The molecule has 0 spiro atoms. The lowest BCUT2D eigenvalue weighted by molar-refractivity contribution is -0.122. The normalized spacial score (nSPS) is 19.5. The van der Waals surface area contributed by atoms with E-state index in [2.05, 4.69) is 5.32 Å². The van der Waals surface area contributed by atoms with Crippen molar-refractivity contribution in [3.63, 3.8) is 0 Å². The maximum Gasteiger partial charge on any atom is 0.335 e. The van der Waals surface area contributed by atoms with Gasteiger partial charge in [0, 0.05) is 19.2 Å². The number of benzene rings is 2. The number of nitrogens with one attached hydrogen (secondary N) is 1. The van der Waals surface area contributed by atoms with E-state index in [1.807, 2.05) is 4.90 Å². The number of fused-ring (bicyclic) bond motifs is 1. The number of ether oxygens (including phenoxy) is 3. The van der Waals surface area contributed by atoms with E-state index in [4.69, 9.17) is 14.2 Å². The smallest absolute Gasteiger partial charge is 0.335 e. The first-order valence-corrected chi connectivity index (χ1v) is 9.94. The highest BCUT2D eigenvalue weighted by molar-refractivity contribution is 6.39. The summed E-state index contributed by atoms with van der Waals surface area (Å²) in [6.45, 7) is 2.22. The minimum Gasteiger partial charge on any atom is -0.454 e. The summed E-state index contributed by atoms with van der Waals surface area (Å²) in [5.74, 6) is -1.29. The van der Waals surface area contributed by atoms with Crippen molar-refractivity contribution in [3.8, 4) is 11.5 Å². The molecule has 0 aliphatic carbocycles. The molecule has 0 atom stereocenters. The highest BCUT2D eigenvalue weighted by atomic mass is 19.1. The second kappa shape index (κ2) is 7.97. The Balaban J connectivity index is 1.44. The van der Waals surface area contributed by atoms with E-state index in [-0.39, 0.29) is 18.1 Å². The predicted octanol–water partition coefficient (Wildman–Crippen LogP) is 2.06. The van der Waals surface area contributed by atoms with Crippen molar-refractivity contribution < 1.29 is 33.0 Å². The van der Waals surface area contributed by atoms with E-state index >= 15 is 0 Å². The van der Waals surface area contributed by atoms with Gasteiger partial charge in [0.2, 0.25) is 6.79 Å². The molecule has 0 saturated carbocycles. The Bertz CT molecular complexity index is 1160. The van der Waals surface area contributed by atoms with Crippen LogP contribution in [0.25, 0.3) is 6.08 Å². The van der Waals surface area contributed by atoms with Crippen LogP contribution in [0.15, 0.2) is 42.0 Å². The summed E-state index contributed by atoms with van der Waals surface area (Å²) in [5, 5.41) is 2.15. The van der Waals surface area contributed by atoms with Gasteiger partial charge in [-0.25, -0.2) is 14.1 Å². The Morgan fingerprint density at radius 3 is 2.53 bits per heavy atom. The summed E-state index contributed by atoms with van der Waals surface area (Å²) >= 11 is 0. The van der Waals surface area contributed by atoms with Gasteiger partial charge in [0.25, 0.3) is 11.8 Å². The lowest BCUT2D eigenvalue weighted by atomic mass is 10.1. The average molecular weight is 439 g/mol. The summed E-state index contributed by atoms with van der Waals surface area (Å²) in [4.78, 5) is 40.5. The van der Waals surface area contributed by atoms with Crippen LogP contribution in [0.2, 0.25) is 0 Å². The number of carbonyl (C=O) groups excluding carboxylic acids is 3. The number of urea groups is 1. The van der Waals surface area contributed by atoms with Gasteiger partial charge in [0.15, 0.2) is 11.5 Å². The molecule has 5 rings (SSSR count). The van der Waals surface area contributed by atoms with E-state index in [1.165, 1.54) is 24.3 Å². The molecule has 2 saturated heterocycles. The van der Waals surface area contributed by atoms with Gasteiger partial charge in [-0.05, 0) is 35.9 Å². The molecular weight excluding hydrogens is 421 g/mol. The Hall–Kier alpha value is -3.92. The molecule has 0 bridgehead atoms. The number of carbonyl (C=O) groups is 3. The number of amides is 4. The number of halogens is 1. The van der Waals surface area contributed by atoms with Crippen LogP contribution < -0.4 is 24.6 Å². The minimum absolute atomic E-state index is 0.0363. The number of nitrogens with zero attached hydrogens (tertiary/aromatic N) is 2. The van der Waals surface area contributed by atoms with E-state index in [0.717, 1.165) is 4.90 Å². The fourth-order valence-corrected chi connectivity index (χ4v) is 3.76. The monoisotopic (exact) mass is 439 g/mol.